The van der Waals surface area contributed by atoms with E-state index in [0.29, 0.717) is 10.8 Å². The second-order valence-corrected chi connectivity index (χ2v) is 5.98. The maximum atomic E-state index is 13.5. The first kappa shape index (κ1) is 17.4. The smallest absolute Gasteiger partial charge is 0.416 e. The summed E-state index contributed by atoms with van der Waals surface area (Å²) in [5, 5.41) is 20.0. The number of carbonyl (C=O) groups excluding carboxylic acids is 1. The van der Waals surface area contributed by atoms with Gasteiger partial charge in [0.1, 0.15) is 5.82 Å². The number of halogens is 3. The number of nitrogens with one attached hydrogen (secondary N) is 1. The van der Waals surface area contributed by atoms with Crippen molar-refractivity contribution in [3.05, 3.63) is 51.9 Å². The lowest BCUT2D eigenvalue weighted by atomic mass is 9.93. The summed E-state index contributed by atoms with van der Waals surface area (Å²) in [5.41, 5.74) is -0.455. The predicted octanol–water partition coefficient (Wildman–Crippen LogP) is 2.98. The van der Waals surface area contributed by atoms with Gasteiger partial charge in [0.25, 0.3) is 0 Å². The lowest BCUT2D eigenvalue weighted by Gasteiger charge is -2.40. The fourth-order valence-electron chi connectivity index (χ4n) is 3.12. The second kappa shape index (κ2) is 5.85. The molecule has 0 radical (unpaired) electrons. The van der Waals surface area contributed by atoms with Crippen LogP contribution >= 0.6 is 0 Å². The minimum Gasteiger partial charge on any atom is -0.784 e. The van der Waals surface area contributed by atoms with Crippen molar-refractivity contribution in [2.45, 2.75) is 32.1 Å². The Labute approximate surface area is 141 Å². The Kier molecular flexibility index (Phi) is 4.08. The second-order valence-electron chi connectivity index (χ2n) is 5.98. The molecule has 0 spiro atoms. The first-order chi connectivity index (χ1) is 11.6. The summed E-state index contributed by atoms with van der Waals surface area (Å²) < 4.78 is 41.7. The van der Waals surface area contributed by atoms with Crippen molar-refractivity contribution >= 4 is 11.7 Å². The van der Waals surface area contributed by atoms with Gasteiger partial charge in [-0.15, -0.1) is 0 Å². The molecule has 134 valence electrons. The number of hydrogen-bond acceptors (Lipinski definition) is 4. The zero-order valence-corrected chi connectivity index (χ0v) is 13.8. The molecule has 1 aromatic carbocycles. The van der Waals surface area contributed by atoms with Gasteiger partial charge in [-0.3, -0.25) is 9.48 Å². The van der Waals surface area contributed by atoms with Crippen LogP contribution < -0.4 is 5.32 Å². The van der Waals surface area contributed by atoms with Crippen molar-refractivity contribution in [3.63, 3.8) is 0 Å². The third-order valence-corrected chi connectivity index (χ3v) is 4.36. The number of nitrogens with zero attached hydrogens (tertiary/aromatic N) is 3. The van der Waals surface area contributed by atoms with E-state index >= 15 is 0 Å². The van der Waals surface area contributed by atoms with Gasteiger partial charge in [0.15, 0.2) is 0 Å². The summed E-state index contributed by atoms with van der Waals surface area (Å²) in [6.45, 7) is 2.96. The van der Waals surface area contributed by atoms with Crippen LogP contribution in [0.3, 0.4) is 0 Å². The Hall–Kier alpha value is -2.39. The molecule has 1 aliphatic rings. The highest BCUT2D eigenvalue weighted by Gasteiger charge is 2.40. The summed E-state index contributed by atoms with van der Waals surface area (Å²) in [6.07, 6.45) is -4.62. The van der Waals surface area contributed by atoms with Gasteiger partial charge in [-0.05, 0) is 25.5 Å². The van der Waals surface area contributed by atoms with Crippen molar-refractivity contribution < 1.29 is 18.0 Å². The van der Waals surface area contributed by atoms with Crippen LogP contribution in [0.25, 0.3) is 0 Å². The van der Waals surface area contributed by atoms with Crippen molar-refractivity contribution in [1.29, 1.82) is 0 Å². The highest BCUT2D eigenvalue weighted by Crippen LogP contribution is 2.43. The monoisotopic (exact) mass is 353 g/mol. The van der Waals surface area contributed by atoms with E-state index in [9.17, 15) is 23.2 Å². The number of hydroxylamine groups is 2. The largest absolute Gasteiger partial charge is 0.784 e. The van der Waals surface area contributed by atoms with Crippen LogP contribution in [-0.2, 0) is 18.0 Å². The van der Waals surface area contributed by atoms with Crippen LogP contribution in [0.4, 0.5) is 19.0 Å². The summed E-state index contributed by atoms with van der Waals surface area (Å²) in [6, 6.07) is 2.45. The molecule has 3 rings (SSSR count). The number of alkyl halides is 3. The Bertz CT molecular complexity index is 831. The number of hydrogen-bond donors (Lipinski definition) is 1. The topological polar surface area (TPSA) is 73.2 Å². The minimum absolute atomic E-state index is 0.203. The minimum atomic E-state index is -4.62. The number of benzene rings is 1. The van der Waals surface area contributed by atoms with E-state index in [2.05, 4.69) is 10.4 Å². The van der Waals surface area contributed by atoms with E-state index in [0.717, 1.165) is 6.07 Å². The van der Waals surface area contributed by atoms with Gasteiger partial charge in [-0.25, -0.2) is 0 Å². The highest BCUT2D eigenvalue weighted by atomic mass is 19.4. The molecule has 0 bridgehead atoms. The number of aromatic nitrogens is 2. The van der Waals surface area contributed by atoms with Crippen molar-refractivity contribution in [1.82, 2.24) is 14.8 Å². The quantitative estimate of drug-likeness (QED) is 0.855. The van der Waals surface area contributed by atoms with Crippen LogP contribution in [0, 0.1) is 12.1 Å². The lowest BCUT2D eigenvalue weighted by Crippen LogP contribution is -2.39. The molecule has 0 aliphatic carbocycles. The Morgan fingerprint density at radius 1 is 1.28 bits per heavy atom. The Morgan fingerprint density at radius 2 is 1.92 bits per heavy atom. The normalized spacial score (nSPS) is 21.6. The van der Waals surface area contributed by atoms with E-state index in [1.807, 2.05) is 0 Å². The first-order valence-corrected chi connectivity index (χ1v) is 7.59. The Balaban J connectivity index is 2.30. The molecule has 25 heavy (non-hydrogen) atoms. The number of rotatable bonds is 1. The number of anilines is 1. The number of carbonyl (C=O) groups is 1. The van der Waals surface area contributed by atoms with Crippen LogP contribution in [0.2, 0.25) is 0 Å². The molecule has 0 saturated carbocycles. The van der Waals surface area contributed by atoms with Gasteiger partial charge < -0.3 is 15.6 Å². The summed E-state index contributed by atoms with van der Waals surface area (Å²) in [7, 11) is 1.56. The average molecular weight is 353 g/mol. The molecule has 2 heterocycles. The molecule has 1 aliphatic heterocycles. The summed E-state index contributed by atoms with van der Waals surface area (Å²) in [4.78, 5) is 12.2. The summed E-state index contributed by atoms with van der Waals surface area (Å²) >= 11 is 0. The first-order valence-electron chi connectivity index (χ1n) is 7.59. The molecule has 2 atom stereocenters. The molecule has 2 unspecified atom stereocenters. The third kappa shape index (κ3) is 2.79. The van der Waals surface area contributed by atoms with Gasteiger partial charge >= 0.3 is 6.18 Å². The van der Waals surface area contributed by atoms with Gasteiger partial charge in [-0.1, -0.05) is 18.2 Å². The molecular formula is C16H16F3N4O2-. The maximum Gasteiger partial charge on any atom is 0.416 e. The zero-order valence-electron chi connectivity index (χ0n) is 13.8. The van der Waals surface area contributed by atoms with Crippen molar-refractivity contribution in [3.8, 4) is 0 Å². The molecule has 0 saturated heterocycles. The maximum absolute atomic E-state index is 13.5. The summed E-state index contributed by atoms with van der Waals surface area (Å²) in [5.74, 6) is -0.360. The number of fused-ring (bicyclic) bond motifs is 1. The molecule has 1 N–H and O–H groups in total. The SMILES string of the molecule is Cc1nn(C)c2c1C(c1ccccc1C(F)(F)F)N([O-])C(C)C(=O)N2. The van der Waals surface area contributed by atoms with E-state index in [1.165, 1.54) is 29.8 Å². The lowest BCUT2D eigenvalue weighted by molar-refractivity contribution is -0.138. The third-order valence-electron chi connectivity index (χ3n) is 4.36. The standard InChI is InChI=1S/C16H16F3N4O2/c1-8-12-13(10-6-4-5-7-11(10)16(17,18)19)23(25)9(2)15(24)20-14(12)22(3)21-8/h4-7,9,13H,1-3H3,(H,20,24)/q-1. The van der Waals surface area contributed by atoms with Gasteiger partial charge in [0.05, 0.1) is 23.3 Å². The van der Waals surface area contributed by atoms with E-state index in [4.69, 9.17) is 0 Å². The highest BCUT2D eigenvalue weighted by molar-refractivity contribution is 5.95. The van der Waals surface area contributed by atoms with Crippen LogP contribution in [0.1, 0.15) is 35.3 Å². The molecule has 1 aromatic heterocycles. The molecule has 2 aromatic rings. The average Bonchev–Trinajstić information content (AvgIpc) is 2.75. The molecular weight excluding hydrogens is 337 g/mol. The van der Waals surface area contributed by atoms with E-state index < -0.39 is 29.7 Å². The van der Waals surface area contributed by atoms with Gasteiger partial charge in [-0.2, -0.15) is 18.3 Å². The van der Waals surface area contributed by atoms with E-state index in [-0.39, 0.29) is 16.9 Å². The Morgan fingerprint density at radius 3 is 2.56 bits per heavy atom. The molecule has 6 nitrogen and oxygen atoms in total. The van der Waals surface area contributed by atoms with Gasteiger partial charge in [0.2, 0.25) is 5.91 Å². The molecule has 1 amide bonds. The predicted molar refractivity (Wildman–Crippen MR) is 84.5 cm³/mol. The van der Waals surface area contributed by atoms with Gasteiger partial charge in [0, 0.05) is 12.6 Å². The number of aryl methyl sites for hydroxylation is 2. The molecule has 0 fully saturated rings. The fraction of sp³-hybridized carbons (Fsp3) is 0.375. The van der Waals surface area contributed by atoms with Crippen LogP contribution in [0.15, 0.2) is 24.3 Å². The number of amides is 1. The van der Waals surface area contributed by atoms with Crippen molar-refractivity contribution in [2.24, 2.45) is 7.05 Å². The fourth-order valence-corrected chi connectivity index (χ4v) is 3.12. The van der Waals surface area contributed by atoms with Crippen molar-refractivity contribution in [2.75, 3.05) is 5.32 Å². The van der Waals surface area contributed by atoms with E-state index in [1.54, 1.807) is 14.0 Å². The van der Waals surface area contributed by atoms with Crippen LogP contribution in [0.5, 0.6) is 0 Å². The zero-order chi connectivity index (χ0) is 18.5. The van der Waals surface area contributed by atoms with Crippen LogP contribution in [-0.4, -0.2) is 26.8 Å². The molecule has 9 heteroatoms.